The van der Waals surface area contributed by atoms with Crippen LogP contribution in [0.15, 0.2) is 42.5 Å². The van der Waals surface area contributed by atoms with Gasteiger partial charge < -0.3 is 0 Å². The fourth-order valence-electron chi connectivity index (χ4n) is 0.949. The first-order chi connectivity index (χ1) is 7.35. The van der Waals surface area contributed by atoms with Gasteiger partial charge >= 0.3 is 0 Å². The lowest BCUT2D eigenvalue weighted by Gasteiger charge is -1.89. The highest BCUT2D eigenvalue weighted by molar-refractivity contribution is 5.13. The van der Waals surface area contributed by atoms with E-state index in [1.54, 1.807) is 0 Å². The molecular formula is C17H34. The summed E-state index contributed by atoms with van der Waals surface area (Å²) in [6.45, 7) is 10.3. The van der Waals surface area contributed by atoms with E-state index >= 15 is 0 Å². The quantitative estimate of drug-likeness (QED) is 0.514. The van der Waals surface area contributed by atoms with Gasteiger partial charge in [-0.2, -0.15) is 0 Å². The third kappa shape index (κ3) is 20.9. The predicted molar refractivity (Wildman–Crippen MR) is 85.7 cm³/mol. The summed E-state index contributed by atoms with van der Waals surface area (Å²) >= 11 is 0. The summed E-state index contributed by atoms with van der Waals surface area (Å²) in [6.07, 6.45) is 6.48. The van der Waals surface area contributed by atoms with Gasteiger partial charge in [-0.15, -0.1) is 0 Å². The minimum Gasteiger partial charge on any atom is -0.0917 e. The number of rotatable bonds is 2. The van der Waals surface area contributed by atoms with Crippen molar-refractivity contribution < 1.29 is 0 Å². The second-order valence-electron chi connectivity index (χ2n) is 2.82. The molecule has 0 atom stereocenters. The van der Waals surface area contributed by atoms with E-state index in [0.717, 1.165) is 12.8 Å². The summed E-state index contributed by atoms with van der Waals surface area (Å²) in [5.74, 6) is 0. The Labute approximate surface area is 111 Å². The van der Waals surface area contributed by atoms with E-state index in [0.29, 0.717) is 0 Å². The SMILES string of the molecule is C.C.CC.CC=CCC.CCc1ccccc1. The molecule has 0 amide bonds. The average molecular weight is 238 g/mol. The van der Waals surface area contributed by atoms with E-state index in [-0.39, 0.29) is 14.9 Å². The highest BCUT2D eigenvalue weighted by Gasteiger charge is 1.79. The van der Waals surface area contributed by atoms with E-state index in [1.165, 1.54) is 5.56 Å². The summed E-state index contributed by atoms with van der Waals surface area (Å²) in [5.41, 5.74) is 1.41. The molecule has 0 heteroatoms. The van der Waals surface area contributed by atoms with Crippen molar-refractivity contribution in [2.24, 2.45) is 0 Å². The summed E-state index contributed by atoms with van der Waals surface area (Å²) in [6, 6.07) is 10.5. The van der Waals surface area contributed by atoms with Crippen molar-refractivity contribution in [3.63, 3.8) is 0 Å². The number of hydrogen-bond acceptors (Lipinski definition) is 0. The summed E-state index contributed by atoms with van der Waals surface area (Å²) in [5, 5.41) is 0. The zero-order valence-corrected chi connectivity index (χ0v) is 11.0. The highest BCUT2D eigenvalue weighted by Crippen LogP contribution is 1.96. The van der Waals surface area contributed by atoms with Crippen LogP contribution in [0.25, 0.3) is 0 Å². The van der Waals surface area contributed by atoms with Crippen LogP contribution in [-0.2, 0) is 6.42 Å². The first kappa shape index (κ1) is 25.0. The van der Waals surface area contributed by atoms with Crippen molar-refractivity contribution in [1.82, 2.24) is 0 Å². The molecule has 0 fully saturated rings. The molecule has 0 radical (unpaired) electrons. The van der Waals surface area contributed by atoms with E-state index in [9.17, 15) is 0 Å². The smallest absolute Gasteiger partial charge is 0.0307 e. The first-order valence-electron chi connectivity index (χ1n) is 6.00. The molecule has 0 aliphatic carbocycles. The van der Waals surface area contributed by atoms with Crippen molar-refractivity contribution in [2.45, 2.75) is 62.3 Å². The van der Waals surface area contributed by atoms with Gasteiger partial charge in [0.2, 0.25) is 0 Å². The second kappa shape index (κ2) is 24.3. The molecule has 0 spiro atoms. The molecule has 0 unspecified atom stereocenters. The van der Waals surface area contributed by atoms with Crippen molar-refractivity contribution in [3.8, 4) is 0 Å². The third-order valence-corrected chi connectivity index (χ3v) is 1.72. The Morgan fingerprint density at radius 3 is 1.59 bits per heavy atom. The molecule has 1 aromatic carbocycles. The average Bonchev–Trinajstić information content (AvgIpc) is 2.34. The number of allylic oxidation sites excluding steroid dienone is 2. The van der Waals surface area contributed by atoms with E-state index in [2.05, 4.69) is 50.3 Å². The number of benzene rings is 1. The van der Waals surface area contributed by atoms with E-state index in [1.807, 2.05) is 26.8 Å². The van der Waals surface area contributed by atoms with Gasteiger partial charge in [0.1, 0.15) is 0 Å². The van der Waals surface area contributed by atoms with Crippen LogP contribution in [0.2, 0.25) is 0 Å². The molecular weight excluding hydrogens is 204 g/mol. The molecule has 0 saturated carbocycles. The minimum absolute atomic E-state index is 0. The largest absolute Gasteiger partial charge is 0.0917 e. The van der Waals surface area contributed by atoms with Crippen LogP contribution in [0, 0.1) is 0 Å². The van der Waals surface area contributed by atoms with Gasteiger partial charge in [-0.3, -0.25) is 0 Å². The van der Waals surface area contributed by atoms with E-state index in [4.69, 9.17) is 0 Å². The zero-order chi connectivity index (χ0) is 11.9. The molecule has 0 saturated heterocycles. The molecule has 1 aromatic rings. The Morgan fingerprint density at radius 2 is 1.41 bits per heavy atom. The molecule has 0 aromatic heterocycles. The predicted octanol–water partition coefficient (Wildman–Crippen LogP) is 6.52. The standard InChI is InChI=1S/C8H10.C5H10.C2H6.2CH4/c1-2-8-6-4-3-5-7-8;1-3-5-4-2;1-2;;/h3-7H,2H2,1H3;3,5H,4H2,1-2H3;1-2H3;2*1H4. The van der Waals surface area contributed by atoms with Gasteiger partial charge in [0.15, 0.2) is 0 Å². The number of aryl methyl sites for hydroxylation is 1. The van der Waals surface area contributed by atoms with Gasteiger partial charge in [0.25, 0.3) is 0 Å². The fourth-order valence-corrected chi connectivity index (χ4v) is 0.949. The third-order valence-electron chi connectivity index (χ3n) is 1.72. The highest BCUT2D eigenvalue weighted by atomic mass is 13.9. The van der Waals surface area contributed by atoms with Crippen LogP contribution in [0.5, 0.6) is 0 Å². The molecule has 17 heavy (non-hydrogen) atoms. The van der Waals surface area contributed by atoms with E-state index < -0.39 is 0 Å². The van der Waals surface area contributed by atoms with Gasteiger partial charge in [0, 0.05) is 0 Å². The summed E-state index contributed by atoms with van der Waals surface area (Å²) in [7, 11) is 0. The second-order valence-corrected chi connectivity index (χ2v) is 2.82. The molecule has 0 aliphatic heterocycles. The van der Waals surface area contributed by atoms with Crippen molar-refractivity contribution >= 4 is 0 Å². The maximum absolute atomic E-state index is 2.16. The Bertz CT molecular complexity index is 209. The Hall–Kier alpha value is -1.04. The van der Waals surface area contributed by atoms with Gasteiger partial charge in [-0.05, 0) is 25.3 Å². The maximum Gasteiger partial charge on any atom is -0.0307 e. The van der Waals surface area contributed by atoms with Crippen LogP contribution in [0.3, 0.4) is 0 Å². The lowest BCUT2D eigenvalue weighted by atomic mass is 10.2. The lowest BCUT2D eigenvalue weighted by Crippen LogP contribution is -1.73. The van der Waals surface area contributed by atoms with Gasteiger partial charge in [0.05, 0.1) is 0 Å². The molecule has 0 heterocycles. The number of hydrogen-bond donors (Lipinski definition) is 0. The van der Waals surface area contributed by atoms with Crippen LogP contribution in [0.1, 0.15) is 61.5 Å². The molecule has 0 N–H and O–H groups in total. The Balaban J connectivity index is -0.0000000838. The molecule has 102 valence electrons. The van der Waals surface area contributed by atoms with Crippen molar-refractivity contribution in [3.05, 3.63) is 48.0 Å². The normalized spacial score (nSPS) is 7.59. The zero-order valence-electron chi connectivity index (χ0n) is 11.0. The van der Waals surface area contributed by atoms with Crippen LogP contribution < -0.4 is 0 Å². The molecule has 0 bridgehead atoms. The maximum atomic E-state index is 2.16. The Morgan fingerprint density at radius 1 is 0.941 bits per heavy atom. The van der Waals surface area contributed by atoms with Gasteiger partial charge in [-0.25, -0.2) is 0 Å². The fraction of sp³-hybridized carbons (Fsp3) is 0.529. The molecule has 0 aliphatic rings. The lowest BCUT2D eigenvalue weighted by molar-refractivity contribution is 1.14. The van der Waals surface area contributed by atoms with Crippen LogP contribution in [-0.4, -0.2) is 0 Å². The molecule has 1 rings (SSSR count). The monoisotopic (exact) mass is 238 g/mol. The first-order valence-corrected chi connectivity index (χ1v) is 6.00. The van der Waals surface area contributed by atoms with Crippen LogP contribution in [0.4, 0.5) is 0 Å². The Kier molecular flexibility index (Phi) is 35.7. The molecule has 0 nitrogen and oxygen atoms in total. The summed E-state index contributed by atoms with van der Waals surface area (Å²) < 4.78 is 0. The minimum atomic E-state index is 0. The summed E-state index contributed by atoms with van der Waals surface area (Å²) in [4.78, 5) is 0. The topological polar surface area (TPSA) is 0 Å². The van der Waals surface area contributed by atoms with Crippen LogP contribution >= 0.6 is 0 Å². The van der Waals surface area contributed by atoms with Crippen molar-refractivity contribution in [1.29, 1.82) is 0 Å². The van der Waals surface area contributed by atoms with Crippen molar-refractivity contribution in [2.75, 3.05) is 0 Å². The van der Waals surface area contributed by atoms with Gasteiger partial charge in [-0.1, -0.05) is 85.0 Å².